The summed E-state index contributed by atoms with van der Waals surface area (Å²) in [6, 6.07) is 7.16. The first-order chi connectivity index (χ1) is 23.7. The Kier molecular flexibility index (Phi) is 7.44. The van der Waals surface area contributed by atoms with Gasteiger partial charge in [0.05, 0.1) is 12.2 Å². The molecule has 0 spiro atoms. The van der Waals surface area contributed by atoms with Gasteiger partial charge >= 0.3 is 6.01 Å². The van der Waals surface area contributed by atoms with Crippen molar-refractivity contribution in [3.05, 3.63) is 53.6 Å². The Bertz CT molecular complexity index is 1950. The van der Waals surface area contributed by atoms with Gasteiger partial charge in [0.2, 0.25) is 0 Å². The largest absolute Gasteiger partial charge is 0.508 e. The second kappa shape index (κ2) is 11.7. The summed E-state index contributed by atoms with van der Waals surface area (Å²) < 4.78 is 68.9. The number of hydrogen-bond acceptors (Lipinski definition) is 8. The minimum absolute atomic E-state index is 0.00100. The molecule has 1 aromatic heterocycles. The Hall–Kier alpha value is -3.74. The van der Waals surface area contributed by atoms with E-state index in [1.165, 1.54) is 25.0 Å². The van der Waals surface area contributed by atoms with Crippen molar-refractivity contribution in [1.29, 1.82) is 0 Å². The van der Waals surface area contributed by atoms with Gasteiger partial charge in [0.25, 0.3) is 0 Å². The van der Waals surface area contributed by atoms with E-state index >= 15 is 13.2 Å². The van der Waals surface area contributed by atoms with E-state index in [2.05, 4.69) is 15.2 Å². The molecule has 8 nitrogen and oxygen atoms in total. The van der Waals surface area contributed by atoms with Crippen LogP contribution in [-0.4, -0.2) is 76.9 Å². The summed E-state index contributed by atoms with van der Waals surface area (Å²) in [6.45, 7) is 3.26. The maximum atomic E-state index is 16.8. The number of nitrogens with zero attached hydrogens (tertiary/aromatic N) is 4. The zero-order chi connectivity index (χ0) is 33.6. The molecule has 4 bridgehead atoms. The minimum Gasteiger partial charge on any atom is -0.508 e. The number of phenolic OH excluding ortho intramolecular Hbond substituents is 1. The van der Waals surface area contributed by atoms with Crippen molar-refractivity contribution in [1.82, 2.24) is 20.2 Å². The normalized spacial score (nSPS) is 27.4. The SMILES string of the molecule is NCC1CC2CCC(C1)N2CC1(COc2nc(N3CC4CCC(C3)N4)c3cc(F)c(-c4cc(O)cc5ccc(F)c(F)c45)c(F)c3n2)CC1. The Morgan fingerprint density at radius 1 is 0.918 bits per heavy atom. The molecule has 4 N–H and O–H groups in total. The van der Waals surface area contributed by atoms with Crippen molar-refractivity contribution in [2.45, 2.75) is 75.5 Å². The highest BCUT2D eigenvalue weighted by atomic mass is 19.2. The second-order valence-corrected chi connectivity index (χ2v) is 15.2. The van der Waals surface area contributed by atoms with Crippen LogP contribution in [0.25, 0.3) is 32.8 Å². The Balaban J connectivity index is 1.11. The summed E-state index contributed by atoms with van der Waals surface area (Å²) in [6.07, 6.45) is 8.70. The Labute approximate surface area is 281 Å². The van der Waals surface area contributed by atoms with E-state index in [9.17, 15) is 9.50 Å². The highest BCUT2D eigenvalue weighted by Gasteiger charge is 2.50. The van der Waals surface area contributed by atoms with Crippen molar-refractivity contribution < 1.29 is 27.4 Å². The number of nitrogens with two attached hydrogens (primary N) is 1. The molecule has 4 unspecified atom stereocenters. The molecule has 12 heteroatoms. The third kappa shape index (κ3) is 5.38. The number of hydrogen-bond donors (Lipinski definition) is 3. The predicted molar refractivity (Wildman–Crippen MR) is 179 cm³/mol. The number of benzene rings is 3. The van der Waals surface area contributed by atoms with E-state index < -0.39 is 28.8 Å². The second-order valence-electron chi connectivity index (χ2n) is 15.2. The molecule has 4 atom stereocenters. The number of halogens is 4. The highest BCUT2D eigenvalue weighted by Crippen LogP contribution is 2.50. The maximum absolute atomic E-state index is 16.8. The van der Waals surface area contributed by atoms with Gasteiger partial charge in [0, 0.05) is 65.6 Å². The predicted octanol–water partition coefficient (Wildman–Crippen LogP) is 6.01. The summed E-state index contributed by atoms with van der Waals surface area (Å²) in [7, 11) is 0. The van der Waals surface area contributed by atoms with E-state index in [0.717, 1.165) is 69.8 Å². The fourth-order valence-electron chi connectivity index (χ4n) is 9.23. The number of piperidine rings is 1. The van der Waals surface area contributed by atoms with Gasteiger partial charge in [-0.15, -0.1) is 0 Å². The third-order valence-corrected chi connectivity index (χ3v) is 11.9. The first-order valence-corrected chi connectivity index (χ1v) is 17.6. The van der Waals surface area contributed by atoms with Crippen LogP contribution in [-0.2, 0) is 0 Å². The molecule has 0 radical (unpaired) electrons. The van der Waals surface area contributed by atoms with Gasteiger partial charge in [0.15, 0.2) is 17.5 Å². The first-order valence-electron chi connectivity index (χ1n) is 17.6. The molecule has 4 aromatic rings. The van der Waals surface area contributed by atoms with Crippen molar-refractivity contribution in [2.75, 3.05) is 37.7 Å². The average Bonchev–Trinajstić information content (AvgIpc) is 3.72. The number of anilines is 1. The van der Waals surface area contributed by atoms with E-state index in [0.29, 0.717) is 43.5 Å². The molecular formula is C37H40F4N6O2. The first kappa shape index (κ1) is 31.3. The molecule has 0 amide bonds. The number of rotatable bonds is 8. The molecule has 258 valence electrons. The van der Waals surface area contributed by atoms with Crippen LogP contribution in [0.2, 0.25) is 0 Å². The van der Waals surface area contributed by atoms with Gasteiger partial charge in [-0.2, -0.15) is 9.97 Å². The van der Waals surface area contributed by atoms with Gasteiger partial charge in [0.1, 0.15) is 22.9 Å². The van der Waals surface area contributed by atoms with Crippen LogP contribution in [0.4, 0.5) is 23.4 Å². The average molecular weight is 677 g/mol. The number of fused-ring (bicyclic) bond motifs is 6. The van der Waals surface area contributed by atoms with E-state index in [4.69, 9.17) is 15.5 Å². The van der Waals surface area contributed by atoms with Crippen LogP contribution < -0.4 is 20.7 Å². The zero-order valence-electron chi connectivity index (χ0n) is 27.2. The van der Waals surface area contributed by atoms with Crippen molar-refractivity contribution >= 4 is 27.5 Å². The Morgan fingerprint density at radius 3 is 2.35 bits per heavy atom. The molecule has 49 heavy (non-hydrogen) atoms. The summed E-state index contributed by atoms with van der Waals surface area (Å²) in [5.41, 5.74) is 4.89. The summed E-state index contributed by atoms with van der Waals surface area (Å²) in [4.78, 5) is 14.0. The van der Waals surface area contributed by atoms with Crippen molar-refractivity contribution in [3.63, 3.8) is 0 Å². The number of nitrogens with one attached hydrogen (secondary N) is 1. The number of ether oxygens (including phenoxy) is 1. The lowest BCUT2D eigenvalue weighted by atomic mass is 9.89. The van der Waals surface area contributed by atoms with E-state index in [-0.39, 0.29) is 56.5 Å². The molecular weight excluding hydrogens is 636 g/mol. The van der Waals surface area contributed by atoms with Gasteiger partial charge in [-0.05, 0) is 93.5 Å². The highest BCUT2D eigenvalue weighted by molar-refractivity contribution is 6.02. The molecule has 4 saturated heterocycles. The minimum atomic E-state index is -1.26. The van der Waals surface area contributed by atoms with Crippen LogP contribution in [0.5, 0.6) is 11.8 Å². The molecule has 9 rings (SSSR count). The number of aromatic nitrogens is 2. The lowest BCUT2D eigenvalue weighted by molar-refractivity contribution is 0.0671. The van der Waals surface area contributed by atoms with Crippen LogP contribution in [0.15, 0.2) is 30.3 Å². The molecule has 5 heterocycles. The fraction of sp³-hybridized carbons (Fsp3) is 0.514. The number of aromatic hydroxyl groups is 1. The van der Waals surface area contributed by atoms with Crippen molar-refractivity contribution in [3.8, 4) is 22.9 Å². The molecule has 5 fully saturated rings. The van der Waals surface area contributed by atoms with Crippen LogP contribution in [0.3, 0.4) is 0 Å². The molecule has 4 aliphatic heterocycles. The molecule has 1 saturated carbocycles. The quantitative estimate of drug-likeness (QED) is 0.195. The van der Waals surface area contributed by atoms with E-state index in [1.54, 1.807) is 0 Å². The smallest absolute Gasteiger partial charge is 0.319 e. The standard InChI is InChI=1S/C37H40F4N6O2/c38-28-6-1-20-11-25(48)12-26(30(20)32(28)40)31-29(39)13-27-34(33(31)41)44-36(45-35(27)46-15-21-2-3-22(16-46)43-21)49-18-37(7-8-37)17-47-23-4-5-24(47)10-19(9-23)14-42/h1,6,11-13,19,21-24,43,48H,2-5,7-10,14-18,42H2. The van der Waals surface area contributed by atoms with Gasteiger partial charge in [-0.3, -0.25) is 4.90 Å². The third-order valence-electron chi connectivity index (χ3n) is 11.9. The monoisotopic (exact) mass is 676 g/mol. The van der Waals surface area contributed by atoms with Gasteiger partial charge in [-0.25, -0.2) is 17.6 Å². The fourth-order valence-corrected chi connectivity index (χ4v) is 9.23. The zero-order valence-corrected chi connectivity index (χ0v) is 27.2. The van der Waals surface area contributed by atoms with E-state index in [1.807, 2.05) is 4.90 Å². The van der Waals surface area contributed by atoms with Crippen LogP contribution in [0.1, 0.15) is 51.4 Å². The summed E-state index contributed by atoms with van der Waals surface area (Å²) in [5, 5.41) is 14.0. The van der Waals surface area contributed by atoms with Crippen LogP contribution >= 0.6 is 0 Å². The summed E-state index contributed by atoms with van der Waals surface area (Å²) >= 11 is 0. The molecule has 5 aliphatic rings. The van der Waals surface area contributed by atoms with Crippen LogP contribution in [0, 0.1) is 34.6 Å². The number of piperazine rings is 1. The van der Waals surface area contributed by atoms with Crippen molar-refractivity contribution in [2.24, 2.45) is 17.1 Å². The Morgan fingerprint density at radius 2 is 1.65 bits per heavy atom. The summed E-state index contributed by atoms with van der Waals surface area (Å²) in [5.74, 6) is -3.85. The lowest BCUT2D eigenvalue weighted by Gasteiger charge is -2.40. The lowest BCUT2D eigenvalue weighted by Crippen LogP contribution is -2.51. The topological polar surface area (TPSA) is 99.8 Å². The van der Waals surface area contributed by atoms with Gasteiger partial charge < -0.3 is 25.8 Å². The molecule has 3 aromatic carbocycles. The maximum Gasteiger partial charge on any atom is 0.319 e. The van der Waals surface area contributed by atoms with Gasteiger partial charge in [-0.1, -0.05) is 6.07 Å². The molecule has 1 aliphatic carbocycles. The number of phenols is 1.